The maximum atomic E-state index is 13.1. The van der Waals surface area contributed by atoms with Crippen LogP contribution in [0.4, 0.5) is 18.0 Å². The molecule has 0 radical (unpaired) electrons. The molecule has 2 fully saturated rings. The van der Waals surface area contributed by atoms with Gasteiger partial charge in [0.2, 0.25) is 5.91 Å². The van der Waals surface area contributed by atoms with E-state index >= 15 is 0 Å². The van der Waals surface area contributed by atoms with Gasteiger partial charge in [0.05, 0.1) is 5.92 Å². The summed E-state index contributed by atoms with van der Waals surface area (Å²) in [7, 11) is 0. The molecule has 2 amide bonds. The average molecular weight is 402 g/mol. The molecule has 158 valence electrons. The largest absolute Gasteiger partial charge is 0.444 e. The minimum Gasteiger partial charge on any atom is -0.444 e. The fourth-order valence-electron chi connectivity index (χ4n) is 4.07. The molecular weight excluding hydrogens is 373 g/mol. The van der Waals surface area contributed by atoms with Crippen LogP contribution in [-0.4, -0.2) is 46.8 Å². The van der Waals surface area contributed by atoms with E-state index in [4.69, 9.17) is 11.2 Å². The van der Waals surface area contributed by atoms with Gasteiger partial charge in [-0.2, -0.15) is 13.2 Å². The normalized spacial score (nSPS) is 28.5. The Balaban J connectivity index is 2.16. The molecular formula is C20H29F3N2O3. The standard InChI is InChI=1S/C20H29F3N2O3/c1-5-10-19(11-7-12-25(19)17(27)28-18(2,3)4)16(26)24-15-9-6-8-14(13-15)20(21,22)23/h1,14-15H,6-13H2,2-4H3,(H,24,26)/t14-,15-,19-/m1/s1. The van der Waals surface area contributed by atoms with Crippen molar-refractivity contribution < 1.29 is 27.5 Å². The Bertz CT molecular complexity index is 636. The molecule has 5 nitrogen and oxygen atoms in total. The van der Waals surface area contributed by atoms with Crippen LogP contribution in [0.25, 0.3) is 0 Å². The average Bonchev–Trinajstić information content (AvgIpc) is 2.98. The van der Waals surface area contributed by atoms with Crippen LogP contribution in [0, 0.1) is 18.3 Å². The van der Waals surface area contributed by atoms with Crippen molar-refractivity contribution in [2.75, 3.05) is 6.54 Å². The highest BCUT2D eigenvalue weighted by Crippen LogP contribution is 2.39. The van der Waals surface area contributed by atoms with Crippen molar-refractivity contribution in [2.24, 2.45) is 5.92 Å². The van der Waals surface area contributed by atoms with Crippen molar-refractivity contribution in [3.63, 3.8) is 0 Å². The summed E-state index contributed by atoms with van der Waals surface area (Å²) >= 11 is 0. The van der Waals surface area contributed by atoms with E-state index in [0.29, 0.717) is 32.2 Å². The molecule has 1 N–H and O–H groups in total. The number of carbonyl (C=O) groups excluding carboxylic acids is 2. The van der Waals surface area contributed by atoms with Crippen molar-refractivity contribution in [1.29, 1.82) is 0 Å². The number of likely N-dealkylation sites (tertiary alicyclic amines) is 1. The van der Waals surface area contributed by atoms with Gasteiger partial charge in [0.15, 0.2) is 0 Å². The van der Waals surface area contributed by atoms with E-state index in [1.807, 2.05) is 0 Å². The Hall–Kier alpha value is -1.91. The quantitative estimate of drug-likeness (QED) is 0.726. The number of halogens is 3. The van der Waals surface area contributed by atoms with Gasteiger partial charge in [0, 0.05) is 19.0 Å². The zero-order valence-corrected chi connectivity index (χ0v) is 16.7. The Kier molecular flexibility index (Phi) is 6.57. The molecule has 8 heteroatoms. The predicted octanol–water partition coefficient (Wildman–Crippen LogP) is 4.02. The van der Waals surface area contributed by atoms with Crippen LogP contribution >= 0.6 is 0 Å². The minimum absolute atomic E-state index is 0.00645. The number of amides is 2. The van der Waals surface area contributed by atoms with Crippen molar-refractivity contribution in [3.8, 4) is 12.3 Å². The number of terminal acetylenes is 1. The molecule has 0 spiro atoms. The van der Waals surface area contributed by atoms with Crippen LogP contribution in [0.15, 0.2) is 0 Å². The lowest BCUT2D eigenvalue weighted by Gasteiger charge is -2.39. The molecule has 1 saturated heterocycles. The van der Waals surface area contributed by atoms with Gasteiger partial charge in [-0.25, -0.2) is 4.79 Å². The summed E-state index contributed by atoms with van der Waals surface area (Å²) in [5.41, 5.74) is -2.01. The molecule has 1 heterocycles. The van der Waals surface area contributed by atoms with E-state index < -0.39 is 41.3 Å². The Labute approximate surface area is 164 Å². The summed E-state index contributed by atoms with van der Waals surface area (Å²) in [5, 5.41) is 2.75. The van der Waals surface area contributed by atoms with Crippen LogP contribution in [-0.2, 0) is 9.53 Å². The predicted molar refractivity (Wildman–Crippen MR) is 98.3 cm³/mol. The van der Waals surface area contributed by atoms with Crippen molar-refractivity contribution in [1.82, 2.24) is 10.2 Å². The molecule has 1 aliphatic carbocycles. The maximum absolute atomic E-state index is 13.1. The van der Waals surface area contributed by atoms with Gasteiger partial charge in [-0.3, -0.25) is 9.69 Å². The number of nitrogens with zero attached hydrogens (tertiary/aromatic N) is 1. The summed E-state index contributed by atoms with van der Waals surface area (Å²) in [5.74, 6) is 0.558. The maximum Gasteiger partial charge on any atom is 0.411 e. The third kappa shape index (κ3) is 5.12. The number of ether oxygens (including phenoxy) is 1. The van der Waals surface area contributed by atoms with Crippen LogP contribution in [0.5, 0.6) is 0 Å². The number of hydrogen-bond acceptors (Lipinski definition) is 3. The lowest BCUT2D eigenvalue weighted by atomic mass is 9.84. The van der Waals surface area contributed by atoms with Gasteiger partial charge >= 0.3 is 12.3 Å². The van der Waals surface area contributed by atoms with E-state index in [9.17, 15) is 22.8 Å². The Morgan fingerprint density at radius 3 is 2.50 bits per heavy atom. The van der Waals surface area contributed by atoms with E-state index in [1.54, 1.807) is 20.8 Å². The number of rotatable bonds is 3. The first-order valence-electron chi connectivity index (χ1n) is 9.71. The second kappa shape index (κ2) is 8.22. The fourth-order valence-corrected chi connectivity index (χ4v) is 4.07. The summed E-state index contributed by atoms with van der Waals surface area (Å²) < 4.78 is 44.6. The van der Waals surface area contributed by atoms with Gasteiger partial charge in [0.25, 0.3) is 0 Å². The highest BCUT2D eigenvalue weighted by atomic mass is 19.4. The number of carbonyl (C=O) groups is 2. The highest BCUT2D eigenvalue weighted by Gasteiger charge is 2.51. The lowest BCUT2D eigenvalue weighted by molar-refractivity contribution is -0.184. The van der Waals surface area contributed by atoms with Gasteiger partial charge in [-0.1, -0.05) is 6.42 Å². The SMILES string of the molecule is C#CC[C@]1(C(=O)N[C@@H]2CCC[C@@H](C(F)(F)F)C2)CCCN1C(=O)OC(C)(C)C. The summed E-state index contributed by atoms with van der Waals surface area (Å²) in [6, 6.07) is -0.580. The Morgan fingerprint density at radius 2 is 1.93 bits per heavy atom. The summed E-state index contributed by atoms with van der Waals surface area (Å²) in [4.78, 5) is 27.1. The summed E-state index contributed by atoms with van der Waals surface area (Å²) in [6.45, 7) is 5.50. The third-order valence-electron chi connectivity index (χ3n) is 5.39. The van der Waals surface area contributed by atoms with Gasteiger partial charge in [-0.05, 0) is 52.9 Å². The molecule has 2 rings (SSSR count). The third-order valence-corrected chi connectivity index (χ3v) is 5.39. The molecule has 3 atom stereocenters. The van der Waals surface area contributed by atoms with Crippen LogP contribution in [0.1, 0.15) is 65.7 Å². The van der Waals surface area contributed by atoms with E-state index in [-0.39, 0.29) is 19.3 Å². The first-order valence-corrected chi connectivity index (χ1v) is 9.71. The fraction of sp³-hybridized carbons (Fsp3) is 0.800. The van der Waals surface area contributed by atoms with E-state index in [1.165, 1.54) is 4.90 Å². The first kappa shape index (κ1) is 22.4. The molecule has 0 bridgehead atoms. The molecule has 28 heavy (non-hydrogen) atoms. The minimum atomic E-state index is -4.27. The smallest absolute Gasteiger partial charge is 0.411 e. The number of alkyl halides is 3. The molecule has 1 saturated carbocycles. The highest BCUT2D eigenvalue weighted by molar-refractivity contribution is 5.91. The van der Waals surface area contributed by atoms with E-state index in [2.05, 4.69) is 11.2 Å². The van der Waals surface area contributed by atoms with Gasteiger partial charge in [-0.15, -0.1) is 12.3 Å². The second-order valence-electron chi connectivity index (χ2n) is 8.72. The summed E-state index contributed by atoms with van der Waals surface area (Å²) in [6.07, 6.45) is 2.31. The molecule has 0 unspecified atom stereocenters. The van der Waals surface area contributed by atoms with E-state index in [0.717, 1.165) is 0 Å². The van der Waals surface area contributed by atoms with Crippen molar-refractivity contribution in [2.45, 2.75) is 89.1 Å². The Morgan fingerprint density at radius 1 is 1.25 bits per heavy atom. The van der Waals surface area contributed by atoms with Crippen LogP contribution < -0.4 is 5.32 Å². The van der Waals surface area contributed by atoms with Crippen molar-refractivity contribution >= 4 is 12.0 Å². The molecule has 1 aliphatic heterocycles. The number of hydrogen-bond donors (Lipinski definition) is 1. The molecule has 2 aliphatic rings. The zero-order chi connectivity index (χ0) is 21.2. The first-order chi connectivity index (χ1) is 12.9. The lowest BCUT2D eigenvalue weighted by Crippen LogP contribution is -2.60. The topological polar surface area (TPSA) is 58.6 Å². The van der Waals surface area contributed by atoms with Gasteiger partial charge in [0.1, 0.15) is 11.1 Å². The van der Waals surface area contributed by atoms with Crippen LogP contribution in [0.2, 0.25) is 0 Å². The van der Waals surface area contributed by atoms with Crippen LogP contribution in [0.3, 0.4) is 0 Å². The second-order valence-corrected chi connectivity index (χ2v) is 8.72. The monoisotopic (exact) mass is 402 g/mol. The zero-order valence-electron chi connectivity index (χ0n) is 16.7. The number of nitrogens with one attached hydrogen (secondary N) is 1. The molecule has 0 aromatic rings. The molecule has 0 aromatic heterocycles. The van der Waals surface area contributed by atoms with Crippen molar-refractivity contribution in [3.05, 3.63) is 0 Å². The molecule has 0 aromatic carbocycles. The van der Waals surface area contributed by atoms with Gasteiger partial charge < -0.3 is 10.1 Å².